The van der Waals surface area contributed by atoms with Crippen molar-refractivity contribution in [1.82, 2.24) is 30.1 Å². The Hall–Kier alpha value is -1.51. The minimum Gasteiger partial charge on any atom is -0.378 e. The Labute approximate surface area is 148 Å². The van der Waals surface area contributed by atoms with E-state index >= 15 is 0 Å². The normalized spacial score (nSPS) is 32.1. The molecular weight excluding hydrogens is 320 g/mol. The third-order valence-corrected chi connectivity index (χ3v) is 5.86. The second-order valence-electron chi connectivity index (χ2n) is 7.44. The molecule has 4 aliphatic rings. The van der Waals surface area contributed by atoms with Crippen LogP contribution in [0.4, 0.5) is 0 Å². The fourth-order valence-electron chi connectivity index (χ4n) is 4.53. The highest BCUT2D eigenvalue weighted by molar-refractivity contribution is 5.79. The highest BCUT2D eigenvalue weighted by Crippen LogP contribution is 2.37. The van der Waals surface area contributed by atoms with Crippen LogP contribution in [0.1, 0.15) is 18.5 Å². The fourth-order valence-corrected chi connectivity index (χ4v) is 4.53. The van der Waals surface area contributed by atoms with E-state index < -0.39 is 0 Å². The van der Waals surface area contributed by atoms with Crippen LogP contribution in [0.2, 0.25) is 0 Å². The van der Waals surface area contributed by atoms with Crippen molar-refractivity contribution in [3.8, 4) is 0 Å². The molecule has 8 heteroatoms. The van der Waals surface area contributed by atoms with E-state index in [2.05, 4.69) is 20.5 Å². The number of morpholine rings is 1. The van der Waals surface area contributed by atoms with Gasteiger partial charge in [-0.25, -0.2) is 0 Å². The summed E-state index contributed by atoms with van der Waals surface area (Å²) >= 11 is 0. The quantitative estimate of drug-likeness (QED) is 0.778. The average Bonchev–Trinajstić information content (AvgIpc) is 3.10. The Morgan fingerprint density at radius 3 is 2.92 bits per heavy atom. The summed E-state index contributed by atoms with van der Waals surface area (Å²) in [6, 6.07) is 0.469. The van der Waals surface area contributed by atoms with Crippen molar-refractivity contribution in [2.75, 3.05) is 46.4 Å². The summed E-state index contributed by atoms with van der Waals surface area (Å²) in [6.07, 6.45) is 4.25. The molecule has 4 aliphatic heterocycles. The van der Waals surface area contributed by atoms with Crippen LogP contribution in [0.25, 0.3) is 0 Å². The first-order valence-electron chi connectivity index (χ1n) is 9.39. The van der Waals surface area contributed by atoms with Crippen LogP contribution in [-0.4, -0.2) is 83.2 Å². The van der Waals surface area contributed by atoms with Gasteiger partial charge in [0.15, 0.2) is 0 Å². The van der Waals surface area contributed by atoms with Crippen LogP contribution >= 0.6 is 0 Å². The molecule has 4 fully saturated rings. The Morgan fingerprint density at radius 2 is 2.20 bits per heavy atom. The maximum Gasteiger partial charge on any atom is 0.227 e. The molecule has 0 spiro atoms. The summed E-state index contributed by atoms with van der Waals surface area (Å²) in [5.74, 6) is 1.01. The number of ether oxygens (including phenoxy) is 1. The predicted molar refractivity (Wildman–Crippen MR) is 91.8 cm³/mol. The van der Waals surface area contributed by atoms with Crippen LogP contribution in [0.3, 0.4) is 0 Å². The van der Waals surface area contributed by atoms with Gasteiger partial charge in [-0.2, -0.15) is 0 Å². The lowest BCUT2D eigenvalue weighted by molar-refractivity contribution is -0.148. The van der Waals surface area contributed by atoms with Gasteiger partial charge in [0.1, 0.15) is 0 Å². The first-order chi connectivity index (χ1) is 12.2. The third kappa shape index (κ3) is 3.56. The molecule has 1 aromatic rings. The average molecular weight is 348 g/mol. The van der Waals surface area contributed by atoms with Gasteiger partial charge in [-0.05, 0) is 32.4 Å². The first-order valence-corrected chi connectivity index (χ1v) is 9.39. The maximum atomic E-state index is 12.9. The van der Waals surface area contributed by atoms with Crippen molar-refractivity contribution in [3.63, 3.8) is 0 Å². The summed E-state index contributed by atoms with van der Waals surface area (Å²) < 4.78 is 7.33. The molecule has 0 radical (unpaired) electrons. The van der Waals surface area contributed by atoms with Crippen molar-refractivity contribution in [2.45, 2.75) is 32.0 Å². The van der Waals surface area contributed by atoms with E-state index in [1.54, 1.807) is 0 Å². The van der Waals surface area contributed by atoms with Crippen LogP contribution < -0.4 is 5.32 Å². The zero-order valence-corrected chi connectivity index (χ0v) is 14.9. The molecule has 4 atom stereocenters. The molecule has 25 heavy (non-hydrogen) atoms. The molecule has 0 aliphatic carbocycles. The fraction of sp³-hybridized carbons (Fsp3) is 0.824. The number of piperidine rings is 3. The number of hydrogen-bond acceptors (Lipinski definition) is 6. The second kappa shape index (κ2) is 7.39. The minimum absolute atomic E-state index is 0.165. The van der Waals surface area contributed by atoms with Crippen LogP contribution in [-0.2, 0) is 22.6 Å². The van der Waals surface area contributed by atoms with Gasteiger partial charge in [0, 0.05) is 38.4 Å². The molecule has 1 aromatic heterocycles. The summed E-state index contributed by atoms with van der Waals surface area (Å²) in [5.41, 5.74) is 0.971. The van der Waals surface area contributed by atoms with E-state index in [0.717, 1.165) is 57.8 Å². The second-order valence-corrected chi connectivity index (χ2v) is 7.44. The Kier molecular flexibility index (Phi) is 5.00. The topological polar surface area (TPSA) is 75.5 Å². The summed E-state index contributed by atoms with van der Waals surface area (Å²) in [5, 5.41) is 11.5. The molecule has 138 valence electrons. The largest absolute Gasteiger partial charge is 0.378 e. The number of nitrogens with zero attached hydrogens (tertiary/aromatic N) is 5. The molecule has 1 N–H and O–H groups in total. The van der Waals surface area contributed by atoms with Gasteiger partial charge >= 0.3 is 0 Å². The number of carbonyl (C=O) groups excluding carboxylic acids is 1. The zero-order valence-electron chi connectivity index (χ0n) is 14.9. The van der Waals surface area contributed by atoms with E-state index in [4.69, 9.17) is 4.74 Å². The monoisotopic (exact) mass is 348 g/mol. The summed E-state index contributed by atoms with van der Waals surface area (Å²) in [7, 11) is 1.91. The van der Waals surface area contributed by atoms with Gasteiger partial charge in [-0.1, -0.05) is 5.21 Å². The van der Waals surface area contributed by atoms with Gasteiger partial charge in [0.05, 0.1) is 31.4 Å². The Morgan fingerprint density at radius 1 is 1.36 bits per heavy atom. The zero-order chi connectivity index (χ0) is 17.2. The van der Waals surface area contributed by atoms with Crippen molar-refractivity contribution >= 4 is 5.91 Å². The van der Waals surface area contributed by atoms with Crippen molar-refractivity contribution in [3.05, 3.63) is 11.9 Å². The molecule has 1 amide bonds. The molecule has 0 aromatic carbocycles. The predicted octanol–water partition coefficient (Wildman–Crippen LogP) is -0.433. The minimum atomic E-state index is 0.165. The standard InChI is InChI=1S/C17H28N6O2/c1-18-9-14-10-23(20-19-14)11-15-8-13-2-3-22(15)12-16(13)17(24)21-4-6-25-7-5-21/h10,13,15-16,18H,2-9,11-12H2,1H3/t13-,15+,16-/m0/s1. The van der Waals surface area contributed by atoms with Crippen LogP contribution in [0, 0.1) is 11.8 Å². The summed E-state index contributed by atoms with van der Waals surface area (Å²) in [6.45, 7) is 6.45. The maximum absolute atomic E-state index is 12.9. The van der Waals surface area contributed by atoms with Gasteiger partial charge in [0.25, 0.3) is 0 Å². The molecule has 8 nitrogen and oxygen atoms in total. The van der Waals surface area contributed by atoms with E-state index in [1.807, 2.05) is 22.8 Å². The van der Waals surface area contributed by atoms with E-state index in [0.29, 0.717) is 31.1 Å². The highest BCUT2D eigenvalue weighted by atomic mass is 16.5. The molecule has 4 saturated heterocycles. The lowest BCUT2D eigenvalue weighted by atomic mass is 9.75. The smallest absolute Gasteiger partial charge is 0.227 e. The van der Waals surface area contributed by atoms with Crippen molar-refractivity contribution < 1.29 is 9.53 Å². The number of fused-ring (bicyclic) bond motifs is 3. The number of rotatable bonds is 5. The molecule has 5 rings (SSSR count). The van der Waals surface area contributed by atoms with Gasteiger partial charge in [-0.3, -0.25) is 14.4 Å². The van der Waals surface area contributed by atoms with Gasteiger partial charge < -0.3 is 15.0 Å². The summed E-state index contributed by atoms with van der Waals surface area (Å²) in [4.78, 5) is 17.4. The lowest BCUT2D eigenvalue weighted by Crippen LogP contribution is -2.59. The van der Waals surface area contributed by atoms with Crippen molar-refractivity contribution in [1.29, 1.82) is 0 Å². The van der Waals surface area contributed by atoms with Crippen LogP contribution in [0.15, 0.2) is 6.20 Å². The molecular formula is C17H28N6O2. The number of nitrogens with one attached hydrogen (secondary N) is 1. The van der Waals surface area contributed by atoms with E-state index in [-0.39, 0.29) is 5.92 Å². The molecule has 0 saturated carbocycles. The lowest BCUT2D eigenvalue weighted by Gasteiger charge is -2.50. The van der Waals surface area contributed by atoms with Crippen LogP contribution in [0.5, 0.6) is 0 Å². The number of amides is 1. The molecule has 2 bridgehead atoms. The molecule has 1 unspecified atom stereocenters. The Balaban J connectivity index is 1.37. The highest BCUT2D eigenvalue weighted by Gasteiger charge is 2.44. The number of aromatic nitrogens is 3. The third-order valence-electron chi connectivity index (χ3n) is 5.86. The van der Waals surface area contributed by atoms with Crippen molar-refractivity contribution in [2.24, 2.45) is 11.8 Å². The number of carbonyl (C=O) groups is 1. The van der Waals surface area contributed by atoms with Gasteiger partial charge in [-0.15, -0.1) is 5.10 Å². The number of hydrogen-bond donors (Lipinski definition) is 1. The first kappa shape index (κ1) is 16.9. The van der Waals surface area contributed by atoms with E-state index in [9.17, 15) is 4.79 Å². The molecule has 5 heterocycles. The Bertz CT molecular complexity index is 600. The van der Waals surface area contributed by atoms with Gasteiger partial charge in [0.2, 0.25) is 5.91 Å². The van der Waals surface area contributed by atoms with E-state index in [1.165, 1.54) is 0 Å². The SMILES string of the molecule is CNCc1cn(C[C@H]2C[C@@H]3CCN2C[C@@H]3C(=O)N2CCOCC2)nn1.